The summed E-state index contributed by atoms with van der Waals surface area (Å²) < 4.78 is 2.09. The number of aromatic nitrogens is 1. The number of aryl methyl sites for hydroxylation is 3. The van der Waals surface area contributed by atoms with E-state index in [1.807, 2.05) is 6.92 Å². The van der Waals surface area contributed by atoms with E-state index in [-0.39, 0.29) is 12.1 Å². The van der Waals surface area contributed by atoms with Crippen molar-refractivity contribution < 1.29 is 0 Å². The molecule has 1 atom stereocenters. The zero-order valence-corrected chi connectivity index (χ0v) is 22.0. The monoisotopic (exact) mass is 473 g/mol. The van der Waals surface area contributed by atoms with E-state index in [1.165, 1.54) is 5.56 Å². The number of rotatable bonds is 9. The van der Waals surface area contributed by atoms with Gasteiger partial charge < -0.3 is 20.1 Å². The smallest absolute Gasteiger partial charge is 0.158 e. The summed E-state index contributed by atoms with van der Waals surface area (Å²) >= 11 is 0. The summed E-state index contributed by atoms with van der Waals surface area (Å²) in [7, 11) is 4.21. The highest BCUT2D eigenvalue weighted by atomic mass is 15.2. The fourth-order valence-corrected chi connectivity index (χ4v) is 4.66. The van der Waals surface area contributed by atoms with Crippen molar-refractivity contribution in [1.82, 2.24) is 9.47 Å². The first-order valence-electron chi connectivity index (χ1n) is 12.1. The van der Waals surface area contributed by atoms with Crippen LogP contribution < -0.4 is 16.1 Å². The first-order valence-corrected chi connectivity index (χ1v) is 12.1. The maximum absolute atomic E-state index is 6.62. The molecule has 7 heteroatoms. The summed E-state index contributed by atoms with van der Waals surface area (Å²) in [5.74, 6) is 0. The van der Waals surface area contributed by atoms with Gasteiger partial charge in [-0.15, -0.1) is 5.10 Å². The van der Waals surface area contributed by atoms with Crippen molar-refractivity contribution >= 4 is 18.1 Å². The molecule has 186 valence electrons. The first-order chi connectivity index (χ1) is 16.7. The van der Waals surface area contributed by atoms with Crippen molar-refractivity contribution in [2.45, 2.75) is 46.3 Å². The van der Waals surface area contributed by atoms with E-state index in [0.29, 0.717) is 5.70 Å². The van der Waals surface area contributed by atoms with Crippen LogP contribution in [0, 0.1) is 13.8 Å². The Morgan fingerprint density at radius 1 is 1.26 bits per heavy atom. The lowest BCUT2D eigenvalue weighted by Crippen LogP contribution is -2.47. The molecule has 7 nitrogen and oxygen atoms in total. The predicted molar refractivity (Wildman–Crippen MR) is 148 cm³/mol. The molecule has 1 saturated heterocycles. The largest absolute Gasteiger partial charge is 0.398 e. The minimum Gasteiger partial charge on any atom is -0.398 e. The number of likely N-dealkylation sites (tertiary alicyclic amines) is 1. The third-order valence-corrected chi connectivity index (χ3v) is 6.59. The van der Waals surface area contributed by atoms with Crippen LogP contribution in [0.3, 0.4) is 0 Å². The molecule has 1 aromatic heterocycles. The number of nitrogens with zero attached hydrogens (tertiary/aromatic N) is 6. The fraction of sp³-hybridized carbons (Fsp3) is 0.393. The lowest BCUT2D eigenvalue weighted by Gasteiger charge is -2.36. The van der Waals surface area contributed by atoms with Gasteiger partial charge in [-0.25, -0.2) is 0 Å². The van der Waals surface area contributed by atoms with Crippen LogP contribution in [0.25, 0.3) is 0 Å². The van der Waals surface area contributed by atoms with Gasteiger partial charge in [0.1, 0.15) is 0 Å². The van der Waals surface area contributed by atoms with Crippen molar-refractivity contribution in [2.24, 2.45) is 20.9 Å². The standard InChI is InChI=1S/C28H39N7/c1-9-25(29)26(21(5)31-23-16-33(7)17-23)27(22-13-11-19(3)12-14-22)34(8)24-15-20(4)28(32-30-6)35(10-2)18-24/h9,11-15,18,23,27H,1,6,10,16-17,29H2,2-5,7-8H3/b26-25?,31-21?,32-28-. The molecule has 0 aliphatic carbocycles. The zero-order chi connectivity index (χ0) is 25.7. The van der Waals surface area contributed by atoms with E-state index in [4.69, 9.17) is 10.7 Å². The molecule has 0 saturated carbocycles. The number of benzene rings is 1. The summed E-state index contributed by atoms with van der Waals surface area (Å²) in [6.07, 6.45) is 3.83. The number of nitrogens with two attached hydrogens (primary N) is 1. The molecule has 0 bridgehead atoms. The average Bonchev–Trinajstić information content (AvgIpc) is 2.82. The van der Waals surface area contributed by atoms with Crippen LogP contribution in [0.15, 0.2) is 75.6 Å². The molecule has 35 heavy (non-hydrogen) atoms. The highest BCUT2D eigenvalue weighted by molar-refractivity contribution is 6.01. The van der Waals surface area contributed by atoms with E-state index in [2.05, 4.69) is 109 Å². The van der Waals surface area contributed by atoms with Gasteiger partial charge in [0.25, 0.3) is 0 Å². The van der Waals surface area contributed by atoms with Crippen LogP contribution in [-0.2, 0) is 6.54 Å². The Morgan fingerprint density at radius 2 is 1.91 bits per heavy atom. The van der Waals surface area contributed by atoms with Crippen molar-refractivity contribution in [2.75, 3.05) is 32.1 Å². The minimum absolute atomic E-state index is 0.153. The van der Waals surface area contributed by atoms with Crippen LogP contribution >= 0.6 is 0 Å². The highest BCUT2D eigenvalue weighted by Gasteiger charge is 2.29. The molecule has 3 rings (SSSR count). The molecule has 2 aromatic rings. The molecule has 0 spiro atoms. The molecule has 0 radical (unpaired) electrons. The molecule has 1 aliphatic heterocycles. The number of hydrogen-bond acceptors (Lipinski definition) is 6. The Morgan fingerprint density at radius 3 is 2.46 bits per heavy atom. The second-order valence-electron chi connectivity index (χ2n) is 9.32. The third kappa shape index (κ3) is 5.80. The van der Waals surface area contributed by atoms with Gasteiger partial charge in [-0.2, -0.15) is 5.10 Å². The third-order valence-electron chi connectivity index (χ3n) is 6.59. The van der Waals surface area contributed by atoms with Gasteiger partial charge in [0.2, 0.25) is 0 Å². The lowest BCUT2D eigenvalue weighted by atomic mass is 9.91. The lowest BCUT2D eigenvalue weighted by molar-refractivity contribution is 0.193. The van der Waals surface area contributed by atoms with Gasteiger partial charge >= 0.3 is 0 Å². The van der Waals surface area contributed by atoms with Crippen molar-refractivity contribution in [1.29, 1.82) is 0 Å². The Bertz CT molecular complexity index is 1190. The summed E-state index contributed by atoms with van der Waals surface area (Å²) in [6.45, 7) is 18.5. The second-order valence-corrected chi connectivity index (χ2v) is 9.32. The Labute approximate surface area is 209 Å². The average molecular weight is 474 g/mol. The summed E-state index contributed by atoms with van der Waals surface area (Å²) in [4.78, 5) is 9.58. The van der Waals surface area contributed by atoms with Crippen molar-refractivity contribution in [3.63, 3.8) is 0 Å². The van der Waals surface area contributed by atoms with Gasteiger partial charge in [-0.3, -0.25) is 4.99 Å². The number of pyridine rings is 1. The van der Waals surface area contributed by atoms with Crippen molar-refractivity contribution in [3.8, 4) is 0 Å². The summed E-state index contributed by atoms with van der Waals surface area (Å²) in [5.41, 5.74) is 14.4. The number of likely N-dealkylation sites (N-methyl/N-ethyl adjacent to an activating group) is 2. The Balaban J connectivity index is 2.20. The van der Waals surface area contributed by atoms with Gasteiger partial charge in [-0.05, 0) is 58.0 Å². The normalized spacial score (nSPS) is 17.0. The molecule has 0 amide bonds. The van der Waals surface area contributed by atoms with Crippen LogP contribution in [0.4, 0.5) is 5.69 Å². The van der Waals surface area contributed by atoms with Gasteiger partial charge in [0.15, 0.2) is 5.49 Å². The number of hydrogen-bond donors (Lipinski definition) is 1. The van der Waals surface area contributed by atoms with E-state index < -0.39 is 0 Å². The maximum atomic E-state index is 6.62. The van der Waals surface area contributed by atoms with Crippen LogP contribution in [-0.4, -0.2) is 55.1 Å². The molecule has 1 aromatic carbocycles. The number of aliphatic imine (C=N–C) groups is 1. The molecular formula is C28H39N7. The number of allylic oxidation sites excluding steroid dienone is 1. The predicted octanol–water partition coefficient (Wildman–Crippen LogP) is 3.99. The Hall–Kier alpha value is -3.45. The molecule has 2 heterocycles. The number of anilines is 1. The molecule has 2 N–H and O–H groups in total. The van der Waals surface area contributed by atoms with Crippen LogP contribution in [0.1, 0.15) is 36.6 Å². The van der Waals surface area contributed by atoms with Crippen LogP contribution in [0.2, 0.25) is 0 Å². The van der Waals surface area contributed by atoms with Gasteiger partial charge in [0.05, 0.1) is 17.8 Å². The zero-order valence-electron chi connectivity index (χ0n) is 22.0. The van der Waals surface area contributed by atoms with Crippen LogP contribution in [0.5, 0.6) is 0 Å². The quantitative estimate of drug-likeness (QED) is 0.340. The van der Waals surface area contributed by atoms with E-state index in [9.17, 15) is 0 Å². The van der Waals surface area contributed by atoms with E-state index in [1.54, 1.807) is 6.08 Å². The Kier molecular flexibility index (Phi) is 8.46. The molecule has 1 unspecified atom stereocenters. The van der Waals surface area contributed by atoms with Crippen molar-refractivity contribution in [3.05, 3.63) is 82.6 Å². The highest BCUT2D eigenvalue weighted by Crippen LogP contribution is 2.34. The van der Waals surface area contributed by atoms with E-state index >= 15 is 0 Å². The minimum atomic E-state index is -0.153. The summed E-state index contributed by atoms with van der Waals surface area (Å²) in [5, 5.41) is 8.00. The molecule has 1 fully saturated rings. The second kappa shape index (κ2) is 11.3. The maximum Gasteiger partial charge on any atom is 0.158 e. The topological polar surface area (TPSA) is 74.5 Å². The fourth-order valence-electron chi connectivity index (χ4n) is 4.66. The van der Waals surface area contributed by atoms with E-state index in [0.717, 1.165) is 53.2 Å². The molecule has 1 aliphatic rings. The van der Waals surface area contributed by atoms with Gasteiger partial charge in [-0.1, -0.05) is 36.4 Å². The first kappa shape index (κ1) is 26.2. The molecular weight excluding hydrogens is 434 g/mol. The summed E-state index contributed by atoms with van der Waals surface area (Å²) in [6, 6.07) is 10.9. The SMILES string of the molecule is C=CC(N)=C(C(C)=NC1CN(C)C1)C(c1ccc(C)cc1)N(C)c1cc(C)/c(=N/N=C)n(CC)c1. The van der Waals surface area contributed by atoms with Gasteiger partial charge in [0, 0.05) is 56.6 Å².